The lowest BCUT2D eigenvalue weighted by Crippen LogP contribution is -2.52. The molecule has 0 aromatic carbocycles. The number of fused-ring (bicyclic) bond motifs is 1. The summed E-state index contributed by atoms with van der Waals surface area (Å²) in [7, 11) is 0. The normalized spacial score (nSPS) is 27.1. The monoisotopic (exact) mass is 296 g/mol. The lowest BCUT2D eigenvalue weighted by atomic mass is 9.75. The van der Waals surface area contributed by atoms with Crippen LogP contribution >= 0.6 is 0 Å². The van der Waals surface area contributed by atoms with Crippen molar-refractivity contribution in [1.29, 1.82) is 0 Å². The molecular formula is C16H28N2O3. The zero-order valence-corrected chi connectivity index (χ0v) is 13.2. The minimum atomic E-state index is -0.940. The molecule has 2 aliphatic rings. The topological polar surface area (TPSA) is 69.6 Å². The van der Waals surface area contributed by atoms with Crippen LogP contribution in [0.5, 0.6) is 0 Å². The Morgan fingerprint density at radius 3 is 2.48 bits per heavy atom. The Kier molecular flexibility index (Phi) is 5.48. The molecule has 1 saturated carbocycles. The predicted molar refractivity (Wildman–Crippen MR) is 81.0 cm³/mol. The minimum Gasteiger partial charge on any atom is -0.480 e. The number of rotatable bonds is 4. The summed E-state index contributed by atoms with van der Waals surface area (Å²) < 4.78 is 0. The number of aliphatic carboxylic acids is 1. The van der Waals surface area contributed by atoms with Crippen LogP contribution in [-0.4, -0.2) is 41.1 Å². The lowest BCUT2D eigenvalue weighted by Gasteiger charge is -2.41. The highest BCUT2D eigenvalue weighted by Crippen LogP contribution is 2.35. The van der Waals surface area contributed by atoms with Gasteiger partial charge in [0.15, 0.2) is 0 Å². The number of nitrogens with zero attached hydrogens (tertiary/aromatic N) is 1. The number of piperidine rings is 1. The van der Waals surface area contributed by atoms with E-state index in [4.69, 9.17) is 0 Å². The SMILES string of the molecule is CC(C)C[C@@H](NC(=O)N1CCC2CCCCC2C1)C(=O)O. The second-order valence-corrected chi connectivity index (χ2v) is 7.01. The summed E-state index contributed by atoms with van der Waals surface area (Å²) in [5.74, 6) is 0.695. The number of likely N-dealkylation sites (tertiary alicyclic amines) is 1. The van der Waals surface area contributed by atoms with Crippen molar-refractivity contribution in [3.63, 3.8) is 0 Å². The van der Waals surface area contributed by atoms with Gasteiger partial charge in [-0.25, -0.2) is 9.59 Å². The van der Waals surface area contributed by atoms with Crippen LogP contribution in [0, 0.1) is 17.8 Å². The molecule has 2 amide bonds. The van der Waals surface area contributed by atoms with Gasteiger partial charge >= 0.3 is 12.0 Å². The molecule has 1 aliphatic carbocycles. The molecule has 21 heavy (non-hydrogen) atoms. The van der Waals surface area contributed by atoms with E-state index in [0.29, 0.717) is 12.3 Å². The molecular weight excluding hydrogens is 268 g/mol. The fourth-order valence-corrected chi connectivity index (χ4v) is 3.72. The Morgan fingerprint density at radius 1 is 1.19 bits per heavy atom. The summed E-state index contributed by atoms with van der Waals surface area (Å²) in [6.07, 6.45) is 6.64. The van der Waals surface area contributed by atoms with Crippen molar-refractivity contribution in [3.8, 4) is 0 Å². The predicted octanol–water partition coefficient (Wildman–Crippen LogP) is 2.71. The first kappa shape index (κ1) is 16.1. The zero-order chi connectivity index (χ0) is 15.4. The van der Waals surface area contributed by atoms with Crippen LogP contribution in [0.3, 0.4) is 0 Å². The molecule has 120 valence electrons. The van der Waals surface area contributed by atoms with Gasteiger partial charge in [-0.2, -0.15) is 0 Å². The molecule has 1 aliphatic heterocycles. The fraction of sp³-hybridized carbons (Fsp3) is 0.875. The number of hydrogen-bond donors (Lipinski definition) is 2. The van der Waals surface area contributed by atoms with Gasteiger partial charge in [-0.3, -0.25) is 0 Å². The number of hydrogen-bond acceptors (Lipinski definition) is 2. The summed E-state index contributed by atoms with van der Waals surface area (Å²) in [5, 5.41) is 11.9. The highest BCUT2D eigenvalue weighted by atomic mass is 16.4. The standard InChI is InChI=1S/C16H28N2O3/c1-11(2)9-14(15(19)20)17-16(21)18-8-7-12-5-3-4-6-13(12)10-18/h11-14H,3-10H2,1-2H3,(H,17,21)(H,19,20)/t12?,13?,14-/m1/s1. The first-order valence-electron chi connectivity index (χ1n) is 8.25. The lowest BCUT2D eigenvalue weighted by molar-refractivity contribution is -0.139. The quantitative estimate of drug-likeness (QED) is 0.838. The number of nitrogens with one attached hydrogen (secondary N) is 1. The van der Waals surface area contributed by atoms with Gasteiger partial charge < -0.3 is 15.3 Å². The average Bonchev–Trinajstić information content (AvgIpc) is 2.45. The third kappa shape index (κ3) is 4.35. The van der Waals surface area contributed by atoms with Crippen molar-refractivity contribution in [1.82, 2.24) is 10.2 Å². The van der Waals surface area contributed by atoms with E-state index < -0.39 is 12.0 Å². The zero-order valence-electron chi connectivity index (χ0n) is 13.2. The Morgan fingerprint density at radius 2 is 1.86 bits per heavy atom. The van der Waals surface area contributed by atoms with E-state index >= 15 is 0 Å². The van der Waals surface area contributed by atoms with Crippen LogP contribution in [0.25, 0.3) is 0 Å². The van der Waals surface area contributed by atoms with Gasteiger partial charge in [-0.05, 0) is 37.0 Å². The molecule has 2 rings (SSSR count). The fourth-order valence-electron chi connectivity index (χ4n) is 3.72. The van der Waals surface area contributed by atoms with Crippen LogP contribution in [-0.2, 0) is 4.79 Å². The molecule has 3 atom stereocenters. The average molecular weight is 296 g/mol. The van der Waals surface area contributed by atoms with Crippen LogP contribution < -0.4 is 5.32 Å². The first-order chi connectivity index (χ1) is 9.97. The van der Waals surface area contributed by atoms with Crippen LogP contribution in [0.2, 0.25) is 0 Å². The van der Waals surface area contributed by atoms with Crippen LogP contribution in [0.1, 0.15) is 52.4 Å². The van der Waals surface area contributed by atoms with Crippen molar-refractivity contribution in [2.45, 2.75) is 58.4 Å². The largest absolute Gasteiger partial charge is 0.480 e. The maximum absolute atomic E-state index is 12.3. The van der Waals surface area contributed by atoms with Crippen molar-refractivity contribution < 1.29 is 14.7 Å². The highest BCUT2D eigenvalue weighted by Gasteiger charge is 2.34. The number of urea groups is 1. The summed E-state index contributed by atoms with van der Waals surface area (Å²) in [4.78, 5) is 25.4. The van der Waals surface area contributed by atoms with Gasteiger partial charge in [0.05, 0.1) is 0 Å². The minimum absolute atomic E-state index is 0.202. The Hall–Kier alpha value is -1.26. The van der Waals surface area contributed by atoms with Gasteiger partial charge in [-0.1, -0.05) is 33.1 Å². The number of carbonyl (C=O) groups is 2. The van der Waals surface area contributed by atoms with E-state index in [0.717, 1.165) is 25.4 Å². The number of amides is 2. The molecule has 5 nitrogen and oxygen atoms in total. The molecule has 0 aromatic heterocycles. The van der Waals surface area contributed by atoms with Crippen molar-refractivity contribution in [2.24, 2.45) is 17.8 Å². The van der Waals surface area contributed by atoms with Crippen molar-refractivity contribution in [3.05, 3.63) is 0 Å². The third-order valence-electron chi connectivity index (χ3n) is 4.88. The highest BCUT2D eigenvalue weighted by molar-refractivity contribution is 5.82. The van der Waals surface area contributed by atoms with E-state index in [1.54, 1.807) is 0 Å². The molecule has 2 fully saturated rings. The second kappa shape index (κ2) is 7.14. The number of carbonyl (C=O) groups excluding carboxylic acids is 1. The maximum atomic E-state index is 12.3. The Balaban J connectivity index is 1.88. The molecule has 0 bridgehead atoms. The van der Waals surface area contributed by atoms with E-state index in [9.17, 15) is 14.7 Å². The van der Waals surface area contributed by atoms with Crippen molar-refractivity contribution >= 4 is 12.0 Å². The second-order valence-electron chi connectivity index (χ2n) is 7.01. The van der Waals surface area contributed by atoms with Gasteiger partial charge in [0.1, 0.15) is 6.04 Å². The number of carboxylic acid groups (broad SMARTS) is 1. The summed E-state index contributed by atoms with van der Waals surface area (Å²) >= 11 is 0. The third-order valence-corrected chi connectivity index (χ3v) is 4.88. The molecule has 5 heteroatoms. The van der Waals surface area contributed by atoms with E-state index in [1.165, 1.54) is 25.7 Å². The molecule has 0 aromatic rings. The van der Waals surface area contributed by atoms with Crippen molar-refractivity contribution in [2.75, 3.05) is 13.1 Å². The Bertz CT molecular complexity index is 384. The summed E-state index contributed by atoms with van der Waals surface area (Å²) in [6, 6.07) is -0.978. The summed E-state index contributed by atoms with van der Waals surface area (Å²) in [6.45, 7) is 5.50. The molecule has 2 unspecified atom stereocenters. The molecule has 0 spiro atoms. The molecule has 1 heterocycles. The van der Waals surface area contributed by atoms with Gasteiger partial charge in [0, 0.05) is 13.1 Å². The maximum Gasteiger partial charge on any atom is 0.326 e. The van der Waals surface area contributed by atoms with E-state index in [-0.39, 0.29) is 11.9 Å². The van der Waals surface area contributed by atoms with E-state index in [2.05, 4.69) is 5.32 Å². The van der Waals surface area contributed by atoms with E-state index in [1.807, 2.05) is 18.7 Å². The smallest absolute Gasteiger partial charge is 0.326 e. The number of carboxylic acids is 1. The molecule has 0 radical (unpaired) electrons. The first-order valence-corrected chi connectivity index (χ1v) is 8.25. The molecule has 1 saturated heterocycles. The van der Waals surface area contributed by atoms with Crippen LogP contribution in [0.4, 0.5) is 4.79 Å². The van der Waals surface area contributed by atoms with Crippen LogP contribution in [0.15, 0.2) is 0 Å². The summed E-state index contributed by atoms with van der Waals surface area (Å²) in [5.41, 5.74) is 0. The van der Waals surface area contributed by atoms with Gasteiger partial charge in [0.25, 0.3) is 0 Å². The Labute approximate surface area is 127 Å². The van der Waals surface area contributed by atoms with Gasteiger partial charge in [-0.15, -0.1) is 0 Å². The molecule has 2 N–H and O–H groups in total. The van der Waals surface area contributed by atoms with Gasteiger partial charge in [0.2, 0.25) is 0 Å².